The van der Waals surface area contributed by atoms with Crippen molar-refractivity contribution in [1.29, 1.82) is 0 Å². The first-order valence-corrected chi connectivity index (χ1v) is 6.46. The van der Waals surface area contributed by atoms with Gasteiger partial charge in [-0.3, -0.25) is 0 Å². The van der Waals surface area contributed by atoms with Crippen LogP contribution in [0.25, 0.3) is 11.6 Å². The summed E-state index contributed by atoms with van der Waals surface area (Å²) < 4.78 is 0.760. The zero-order chi connectivity index (χ0) is 13.1. The summed E-state index contributed by atoms with van der Waals surface area (Å²) in [6, 6.07) is 1.75. The highest BCUT2D eigenvalue weighted by molar-refractivity contribution is 9.10. The Morgan fingerprint density at radius 1 is 1.17 bits per heavy atom. The van der Waals surface area contributed by atoms with Crippen molar-refractivity contribution in [3.63, 3.8) is 0 Å². The van der Waals surface area contributed by atoms with E-state index in [9.17, 15) is 0 Å². The van der Waals surface area contributed by atoms with Crippen molar-refractivity contribution in [2.24, 2.45) is 5.92 Å². The van der Waals surface area contributed by atoms with Crippen LogP contribution < -0.4 is 5.73 Å². The molecule has 0 unspecified atom stereocenters. The van der Waals surface area contributed by atoms with Crippen LogP contribution in [-0.4, -0.2) is 19.9 Å². The fraction of sp³-hybridized carbons (Fsp3) is 0.333. The summed E-state index contributed by atoms with van der Waals surface area (Å²) in [5, 5.41) is 0. The van der Waals surface area contributed by atoms with Crippen LogP contribution in [0.5, 0.6) is 0 Å². The van der Waals surface area contributed by atoms with E-state index in [0.717, 1.165) is 16.6 Å². The number of rotatable bonds is 3. The summed E-state index contributed by atoms with van der Waals surface area (Å²) in [7, 11) is 0. The Labute approximate surface area is 114 Å². The molecule has 5 nitrogen and oxygen atoms in total. The van der Waals surface area contributed by atoms with E-state index in [4.69, 9.17) is 5.73 Å². The molecule has 0 aliphatic carbocycles. The lowest BCUT2D eigenvalue weighted by Crippen LogP contribution is -2.06. The number of aromatic nitrogens is 4. The molecule has 2 N–H and O–H groups in total. The first kappa shape index (κ1) is 12.9. The van der Waals surface area contributed by atoms with E-state index in [1.54, 1.807) is 18.5 Å². The molecular formula is C12H14BrN5. The summed E-state index contributed by atoms with van der Waals surface area (Å²) in [5.74, 6) is 1.86. The molecule has 6 heteroatoms. The van der Waals surface area contributed by atoms with Crippen LogP contribution in [0.15, 0.2) is 22.9 Å². The summed E-state index contributed by atoms with van der Waals surface area (Å²) in [6.07, 6.45) is 4.14. The molecule has 94 valence electrons. The summed E-state index contributed by atoms with van der Waals surface area (Å²) in [4.78, 5) is 17.0. The van der Waals surface area contributed by atoms with Crippen molar-refractivity contribution in [3.8, 4) is 11.6 Å². The molecule has 0 fully saturated rings. The first-order chi connectivity index (χ1) is 8.58. The van der Waals surface area contributed by atoms with Gasteiger partial charge in [-0.2, -0.15) is 0 Å². The van der Waals surface area contributed by atoms with E-state index < -0.39 is 0 Å². The normalized spacial score (nSPS) is 10.9. The van der Waals surface area contributed by atoms with Crippen molar-refractivity contribution in [3.05, 3.63) is 28.6 Å². The van der Waals surface area contributed by atoms with Gasteiger partial charge >= 0.3 is 0 Å². The first-order valence-electron chi connectivity index (χ1n) is 5.67. The topological polar surface area (TPSA) is 77.6 Å². The third kappa shape index (κ3) is 2.81. The highest BCUT2D eigenvalue weighted by Crippen LogP contribution is 2.25. The van der Waals surface area contributed by atoms with Gasteiger partial charge < -0.3 is 5.73 Å². The van der Waals surface area contributed by atoms with E-state index in [2.05, 4.69) is 49.7 Å². The average molecular weight is 308 g/mol. The Morgan fingerprint density at radius 2 is 1.83 bits per heavy atom. The third-order valence-corrected chi connectivity index (χ3v) is 3.18. The number of halogens is 1. The zero-order valence-corrected chi connectivity index (χ0v) is 11.8. The smallest absolute Gasteiger partial charge is 0.200 e. The van der Waals surface area contributed by atoms with Crippen LogP contribution in [0.4, 0.5) is 5.82 Å². The quantitative estimate of drug-likeness (QED) is 0.942. The van der Waals surface area contributed by atoms with Gasteiger partial charge in [0.05, 0.1) is 10.2 Å². The second-order valence-electron chi connectivity index (χ2n) is 4.36. The minimum Gasteiger partial charge on any atom is -0.383 e. The minimum atomic E-state index is 0.420. The van der Waals surface area contributed by atoms with E-state index in [1.807, 2.05) is 0 Å². The highest BCUT2D eigenvalue weighted by Gasteiger charge is 2.13. The van der Waals surface area contributed by atoms with E-state index in [-0.39, 0.29) is 0 Å². The molecule has 2 heterocycles. The van der Waals surface area contributed by atoms with Crippen LogP contribution >= 0.6 is 15.9 Å². The average Bonchev–Trinajstić information content (AvgIpc) is 2.35. The summed E-state index contributed by atoms with van der Waals surface area (Å²) in [5.41, 5.74) is 6.77. The molecule has 0 atom stereocenters. The molecule has 0 spiro atoms. The van der Waals surface area contributed by atoms with E-state index in [0.29, 0.717) is 23.4 Å². The van der Waals surface area contributed by atoms with Crippen molar-refractivity contribution in [1.82, 2.24) is 19.9 Å². The zero-order valence-electron chi connectivity index (χ0n) is 10.3. The predicted molar refractivity (Wildman–Crippen MR) is 73.7 cm³/mol. The molecule has 0 amide bonds. The summed E-state index contributed by atoms with van der Waals surface area (Å²) >= 11 is 3.42. The molecule has 0 saturated carbocycles. The fourth-order valence-electron chi connectivity index (χ4n) is 1.55. The van der Waals surface area contributed by atoms with Crippen molar-refractivity contribution >= 4 is 21.7 Å². The Bertz CT molecular complexity index is 542. The third-order valence-electron chi connectivity index (χ3n) is 2.31. The van der Waals surface area contributed by atoms with E-state index in [1.165, 1.54) is 0 Å². The second kappa shape index (κ2) is 5.39. The molecule has 2 rings (SSSR count). The van der Waals surface area contributed by atoms with Crippen LogP contribution in [0.2, 0.25) is 0 Å². The highest BCUT2D eigenvalue weighted by atomic mass is 79.9. The van der Waals surface area contributed by atoms with Crippen LogP contribution in [-0.2, 0) is 6.42 Å². The molecule has 2 aromatic rings. The van der Waals surface area contributed by atoms with E-state index >= 15 is 0 Å². The lowest BCUT2D eigenvalue weighted by molar-refractivity contribution is 0.632. The van der Waals surface area contributed by atoms with Crippen molar-refractivity contribution in [2.75, 3.05) is 5.73 Å². The van der Waals surface area contributed by atoms with Crippen LogP contribution in [0, 0.1) is 5.92 Å². The number of hydrogen-bond acceptors (Lipinski definition) is 5. The molecule has 18 heavy (non-hydrogen) atoms. The van der Waals surface area contributed by atoms with Crippen molar-refractivity contribution in [2.45, 2.75) is 20.3 Å². The summed E-state index contributed by atoms with van der Waals surface area (Å²) in [6.45, 7) is 4.26. The number of nitrogens with two attached hydrogens (primary N) is 1. The predicted octanol–water partition coefficient (Wildman–Crippen LogP) is 2.48. The Morgan fingerprint density at radius 3 is 2.44 bits per heavy atom. The maximum atomic E-state index is 5.88. The van der Waals surface area contributed by atoms with Crippen LogP contribution in [0.3, 0.4) is 0 Å². The molecule has 2 aromatic heterocycles. The van der Waals surface area contributed by atoms with Gasteiger partial charge in [0.2, 0.25) is 0 Å². The molecular weight excluding hydrogens is 294 g/mol. The van der Waals surface area contributed by atoms with Crippen LogP contribution in [0.1, 0.15) is 19.5 Å². The molecule has 0 bridgehead atoms. The largest absolute Gasteiger partial charge is 0.383 e. The van der Waals surface area contributed by atoms with Gasteiger partial charge in [0, 0.05) is 12.4 Å². The van der Waals surface area contributed by atoms with Gasteiger partial charge in [0.25, 0.3) is 0 Å². The molecule has 0 aliphatic rings. The van der Waals surface area contributed by atoms with Gasteiger partial charge in [-0.1, -0.05) is 13.8 Å². The van der Waals surface area contributed by atoms with Gasteiger partial charge in [-0.25, -0.2) is 19.9 Å². The number of hydrogen-bond donors (Lipinski definition) is 1. The number of nitrogen functional groups attached to an aromatic ring is 1. The second-order valence-corrected chi connectivity index (χ2v) is 5.16. The maximum Gasteiger partial charge on any atom is 0.200 e. The SMILES string of the molecule is CC(C)Cc1nc(-c2ncccn2)nc(N)c1Br. The minimum absolute atomic E-state index is 0.420. The Balaban J connectivity index is 2.47. The van der Waals surface area contributed by atoms with Gasteiger partial charge in [-0.05, 0) is 34.3 Å². The van der Waals surface area contributed by atoms with Crippen molar-refractivity contribution < 1.29 is 0 Å². The monoisotopic (exact) mass is 307 g/mol. The Hall–Kier alpha value is -1.56. The fourth-order valence-corrected chi connectivity index (χ4v) is 1.89. The molecule has 0 radical (unpaired) electrons. The van der Waals surface area contributed by atoms with Gasteiger partial charge in [0.15, 0.2) is 11.6 Å². The molecule has 0 saturated heterocycles. The lowest BCUT2D eigenvalue weighted by Gasteiger charge is -2.09. The number of anilines is 1. The molecule has 0 aromatic carbocycles. The van der Waals surface area contributed by atoms with Gasteiger partial charge in [0.1, 0.15) is 5.82 Å². The molecule has 0 aliphatic heterocycles. The number of nitrogens with zero attached hydrogens (tertiary/aromatic N) is 4. The maximum absolute atomic E-state index is 5.88. The standard InChI is InChI=1S/C12H14BrN5/c1-7(2)6-8-9(13)10(14)18-12(17-8)11-15-4-3-5-16-11/h3-5,7H,6H2,1-2H3,(H2,14,17,18). The lowest BCUT2D eigenvalue weighted by atomic mass is 10.1. The Kier molecular flexibility index (Phi) is 3.86. The van der Waals surface area contributed by atoms with Gasteiger partial charge in [-0.15, -0.1) is 0 Å².